The molecule has 122 valence electrons. The lowest BCUT2D eigenvalue weighted by molar-refractivity contribution is -0.145. The molecule has 0 saturated heterocycles. The van der Waals surface area contributed by atoms with Crippen molar-refractivity contribution in [1.82, 2.24) is 0 Å². The van der Waals surface area contributed by atoms with Crippen molar-refractivity contribution < 1.29 is 29.0 Å². The van der Waals surface area contributed by atoms with Gasteiger partial charge in [-0.2, -0.15) is 0 Å². The van der Waals surface area contributed by atoms with Crippen LogP contribution in [-0.4, -0.2) is 35.9 Å². The lowest BCUT2D eigenvalue weighted by Crippen LogP contribution is -2.23. The van der Waals surface area contributed by atoms with Crippen LogP contribution in [0, 0.1) is 0 Å². The monoisotopic (exact) mass is 326 g/mol. The average Bonchev–Trinajstić information content (AvgIpc) is 2.57. The number of phenolic OH excluding ortho intramolecular Hbond substituents is 1. The highest BCUT2D eigenvalue weighted by Gasteiger charge is 2.34. The van der Waals surface area contributed by atoms with Crippen molar-refractivity contribution in [2.45, 2.75) is 6.92 Å². The van der Waals surface area contributed by atoms with E-state index < -0.39 is 11.8 Å². The summed E-state index contributed by atoms with van der Waals surface area (Å²) in [6.45, 7) is 1.51. The Kier molecular flexibility index (Phi) is 4.04. The van der Waals surface area contributed by atoms with Crippen LogP contribution in [-0.2, 0) is 9.53 Å². The van der Waals surface area contributed by atoms with Gasteiger partial charge >= 0.3 is 5.97 Å². The van der Waals surface area contributed by atoms with E-state index in [2.05, 4.69) is 0 Å². The molecule has 0 unspecified atom stereocenters. The maximum absolute atomic E-state index is 12.8. The fourth-order valence-electron chi connectivity index (χ4n) is 2.65. The molecule has 0 aliphatic heterocycles. The fraction of sp³-hybridized carbons (Fsp3) is 0.167. The van der Waals surface area contributed by atoms with Crippen molar-refractivity contribution in [2.24, 2.45) is 0 Å². The summed E-state index contributed by atoms with van der Waals surface area (Å²) in [6, 6.07) is 8.92. The molecule has 1 N–H and O–H groups in total. The molecule has 0 saturated carbocycles. The van der Waals surface area contributed by atoms with E-state index in [4.69, 9.17) is 9.47 Å². The summed E-state index contributed by atoms with van der Waals surface area (Å²) in [5.41, 5.74) is 0.317. The molecule has 2 aromatic carbocycles. The minimum absolute atomic E-state index is 0.0424. The maximum Gasteiger partial charge on any atom is 0.344 e. The second kappa shape index (κ2) is 6.16. The Morgan fingerprint density at radius 1 is 1.00 bits per heavy atom. The summed E-state index contributed by atoms with van der Waals surface area (Å²) in [5, 5.41) is 9.96. The summed E-state index contributed by atoms with van der Waals surface area (Å²) >= 11 is 0. The van der Waals surface area contributed by atoms with Crippen molar-refractivity contribution in [3.8, 4) is 11.5 Å². The number of fused-ring (bicyclic) bond motifs is 2. The Bertz CT molecular complexity index is 853. The van der Waals surface area contributed by atoms with E-state index in [1.165, 1.54) is 30.3 Å². The van der Waals surface area contributed by atoms with E-state index in [-0.39, 0.29) is 52.7 Å². The number of aromatic hydroxyl groups is 1. The van der Waals surface area contributed by atoms with E-state index in [0.29, 0.717) is 0 Å². The zero-order chi connectivity index (χ0) is 17.3. The lowest BCUT2D eigenvalue weighted by Gasteiger charge is -2.20. The highest BCUT2D eigenvalue weighted by Crippen LogP contribution is 2.36. The standard InChI is InChI=1S/C18H14O6/c1-2-23-14(20)9-24-13-8-4-6-11-16(13)18(22)15-10(17(11)21)5-3-7-12(15)19/h3-8,19H,2,9H2,1H3. The van der Waals surface area contributed by atoms with E-state index in [9.17, 15) is 19.5 Å². The number of carbonyl (C=O) groups excluding carboxylic acids is 3. The molecule has 24 heavy (non-hydrogen) atoms. The number of ether oxygens (including phenoxy) is 2. The van der Waals surface area contributed by atoms with Crippen LogP contribution in [0.1, 0.15) is 38.8 Å². The maximum atomic E-state index is 12.8. The van der Waals surface area contributed by atoms with Gasteiger partial charge in [0.25, 0.3) is 0 Å². The third-order valence-corrected chi connectivity index (χ3v) is 3.66. The van der Waals surface area contributed by atoms with Crippen molar-refractivity contribution in [3.05, 3.63) is 58.7 Å². The number of esters is 1. The summed E-state index contributed by atoms with van der Waals surface area (Å²) in [4.78, 5) is 36.8. The van der Waals surface area contributed by atoms with Crippen molar-refractivity contribution in [2.75, 3.05) is 13.2 Å². The van der Waals surface area contributed by atoms with Gasteiger partial charge in [-0.3, -0.25) is 9.59 Å². The van der Waals surface area contributed by atoms with Gasteiger partial charge < -0.3 is 14.6 Å². The summed E-state index contributed by atoms with van der Waals surface area (Å²) in [5.74, 6) is -1.63. The Morgan fingerprint density at radius 3 is 2.38 bits per heavy atom. The highest BCUT2D eigenvalue weighted by atomic mass is 16.6. The minimum atomic E-state index is -0.576. The molecule has 0 fully saturated rings. The first-order valence-electron chi connectivity index (χ1n) is 7.37. The van der Waals surface area contributed by atoms with Gasteiger partial charge in [-0.1, -0.05) is 24.3 Å². The van der Waals surface area contributed by atoms with Gasteiger partial charge in [0.1, 0.15) is 11.5 Å². The molecule has 0 spiro atoms. The van der Waals surface area contributed by atoms with Crippen molar-refractivity contribution in [1.29, 1.82) is 0 Å². The Balaban J connectivity index is 2.03. The van der Waals surface area contributed by atoms with Crippen LogP contribution in [0.4, 0.5) is 0 Å². The SMILES string of the molecule is CCOC(=O)COc1cccc2c1C(=O)c1c(O)cccc1C2=O. The Labute approximate surface area is 137 Å². The van der Waals surface area contributed by atoms with E-state index in [1.54, 1.807) is 13.0 Å². The number of rotatable bonds is 4. The zero-order valence-corrected chi connectivity index (χ0v) is 12.9. The van der Waals surface area contributed by atoms with Crippen molar-refractivity contribution in [3.63, 3.8) is 0 Å². The first kappa shape index (κ1) is 15.7. The van der Waals surface area contributed by atoms with Crippen LogP contribution in [0.2, 0.25) is 0 Å². The molecule has 0 heterocycles. The minimum Gasteiger partial charge on any atom is -0.507 e. The first-order chi connectivity index (χ1) is 11.5. The molecular formula is C18H14O6. The largest absolute Gasteiger partial charge is 0.507 e. The van der Waals surface area contributed by atoms with E-state index in [0.717, 1.165) is 0 Å². The average molecular weight is 326 g/mol. The number of hydrogen-bond acceptors (Lipinski definition) is 6. The van der Waals surface area contributed by atoms with Gasteiger partial charge in [-0.05, 0) is 19.1 Å². The van der Waals surface area contributed by atoms with Crippen molar-refractivity contribution >= 4 is 17.5 Å². The molecule has 6 heteroatoms. The summed E-state index contributed by atoms with van der Waals surface area (Å²) in [7, 11) is 0. The quantitative estimate of drug-likeness (QED) is 0.739. The molecule has 3 rings (SSSR count). The van der Waals surface area contributed by atoms with Gasteiger partial charge in [0.2, 0.25) is 5.78 Å². The van der Waals surface area contributed by atoms with E-state index in [1.807, 2.05) is 0 Å². The van der Waals surface area contributed by atoms with Crippen LogP contribution in [0.15, 0.2) is 36.4 Å². The van der Waals surface area contributed by atoms with Crippen LogP contribution in [0.25, 0.3) is 0 Å². The second-order valence-electron chi connectivity index (χ2n) is 5.13. The fourth-order valence-corrected chi connectivity index (χ4v) is 2.65. The number of phenols is 1. The number of hydrogen-bond donors (Lipinski definition) is 1. The number of carbonyl (C=O) groups is 3. The lowest BCUT2D eigenvalue weighted by atomic mass is 9.83. The van der Waals surface area contributed by atoms with Gasteiger partial charge in [0, 0.05) is 11.1 Å². The van der Waals surface area contributed by atoms with Gasteiger partial charge in [0.05, 0.1) is 17.7 Å². The highest BCUT2D eigenvalue weighted by molar-refractivity contribution is 6.30. The molecule has 0 radical (unpaired) electrons. The smallest absolute Gasteiger partial charge is 0.344 e. The molecule has 1 aliphatic rings. The molecule has 2 aromatic rings. The first-order valence-corrected chi connectivity index (χ1v) is 7.37. The Hall–Kier alpha value is -3.15. The molecular weight excluding hydrogens is 312 g/mol. The molecule has 0 amide bonds. The molecule has 0 aromatic heterocycles. The summed E-state index contributed by atoms with van der Waals surface area (Å²) in [6.07, 6.45) is 0. The topological polar surface area (TPSA) is 89.9 Å². The van der Waals surface area contributed by atoms with Gasteiger partial charge in [-0.15, -0.1) is 0 Å². The number of benzene rings is 2. The van der Waals surface area contributed by atoms with Crippen LogP contribution < -0.4 is 4.74 Å². The third-order valence-electron chi connectivity index (χ3n) is 3.66. The van der Waals surface area contributed by atoms with E-state index >= 15 is 0 Å². The van der Waals surface area contributed by atoms with Crippen LogP contribution in [0.3, 0.4) is 0 Å². The molecule has 6 nitrogen and oxygen atoms in total. The predicted molar refractivity (Wildman–Crippen MR) is 83.5 cm³/mol. The predicted octanol–water partition coefficient (Wildman–Crippen LogP) is 2.11. The van der Waals surface area contributed by atoms with Gasteiger partial charge in [-0.25, -0.2) is 4.79 Å². The number of ketones is 2. The summed E-state index contributed by atoms with van der Waals surface area (Å²) < 4.78 is 10.1. The molecule has 1 aliphatic carbocycles. The third kappa shape index (κ3) is 2.52. The molecule has 0 bridgehead atoms. The van der Waals surface area contributed by atoms with Crippen LogP contribution >= 0.6 is 0 Å². The van der Waals surface area contributed by atoms with Crippen LogP contribution in [0.5, 0.6) is 11.5 Å². The molecule has 0 atom stereocenters. The second-order valence-corrected chi connectivity index (χ2v) is 5.13. The van der Waals surface area contributed by atoms with Gasteiger partial charge in [0.15, 0.2) is 12.4 Å². The normalized spacial score (nSPS) is 12.4. The Morgan fingerprint density at radius 2 is 1.67 bits per heavy atom. The zero-order valence-electron chi connectivity index (χ0n) is 12.9.